The van der Waals surface area contributed by atoms with Gasteiger partial charge in [-0.2, -0.15) is 0 Å². The monoisotopic (exact) mass is 436 g/mol. The van der Waals surface area contributed by atoms with Gasteiger partial charge in [-0.1, -0.05) is 29.8 Å². The van der Waals surface area contributed by atoms with Crippen molar-refractivity contribution < 1.29 is 13.9 Å². The van der Waals surface area contributed by atoms with E-state index >= 15 is 0 Å². The number of benzene rings is 2. The molecule has 31 heavy (non-hydrogen) atoms. The van der Waals surface area contributed by atoms with E-state index in [-0.39, 0.29) is 18.5 Å². The molecule has 4 aromatic rings. The highest BCUT2D eigenvalue weighted by atomic mass is 35.5. The number of carbonyl (C=O) groups excluding carboxylic acids is 1. The van der Waals surface area contributed by atoms with Crippen LogP contribution in [0.4, 0.5) is 0 Å². The zero-order chi connectivity index (χ0) is 22.0. The molecular formula is C23H21ClN4O3. The van der Waals surface area contributed by atoms with Gasteiger partial charge in [0.05, 0.1) is 29.8 Å². The minimum atomic E-state index is -0.217. The van der Waals surface area contributed by atoms with E-state index in [1.54, 1.807) is 30.2 Å². The molecule has 0 fully saturated rings. The van der Waals surface area contributed by atoms with Crippen LogP contribution < -0.4 is 4.74 Å². The molecule has 2 aromatic carbocycles. The van der Waals surface area contributed by atoms with Gasteiger partial charge in [-0.3, -0.25) is 4.79 Å². The third-order valence-corrected chi connectivity index (χ3v) is 5.21. The van der Waals surface area contributed by atoms with Crippen LogP contribution in [0.2, 0.25) is 5.02 Å². The number of ether oxygens (including phenoxy) is 1. The molecule has 158 valence electrons. The van der Waals surface area contributed by atoms with E-state index in [0.717, 1.165) is 11.1 Å². The second kappa shape index (κ2) is 8.73. The van der Waals surface area contributed by atoms with Crippen LogP contribution in [-0.2, 0) is 6.54 Å². The van der Waals surface area contributed by atoms with E-state index in [9.17, 15) is 4.79 Å². The van der Waals surface area contributed by atoms with Crippen LogP contribution in [0.3, 0.4) is 0 Å². The Labute approximate surface area is 184 Å². The van der Waals surface area contributed by atoms with Gasteiger partial charge in [-0.25, -0.2) is 4.98 Å². The van der Waals surface area contributed by atoms with Crippen molar-refractivity contribution in [1.82, 2.24) is 20.1 Å². The van der Waals surface area contributed by atoms with E-state index in [0.29, 0.717) is 33.6 Å². The topological polar surface area (TPSA) is 81.4 Å². The van der Waals surface area contributed by atoms with Gasteiger partial charge in [-0.15, -0.1) is 10.2 Å². The zero-order valence-electron chi connectivity index (χ0n) is 17.4. The minimum Gasteiger partial charge on any atom is -0.497 e. The van der Waals surface area contributed by atoms with Crippen molar-refractivity contribution in [3.8, 4) is 17.2 Å². The largest absolute Gasteiger partial charge is 0.497 e. The van der Waals surface area contributed by atoms with Crippen molar-refractivity contribution in [2.24, 2.45) is 0 Å². The van der Waals surface area contributed by atoms with Crippen LogP contribution in [0.15, 0.2) is 59.0 Å². The number of hydrogen-bond acceptors (Lipinski definition) is 6. The Morgan fingerprint density at radius 3 is 2.68 bits per heavy atom. The van der Waals surface area contributed by atoms with E-state index in [2.05, 4.69) is 15.2 Å². The summed E-state index contributed by atoms with van der Waals surface area (Å²) in [6.07, 6.45) is 0. The van der Waals surface area contributed by atoms with Gasteiger partial charge in [0.1, 0.15) is 11.4 Å². The van der Waals surface area contributed by atoms with E-state index in [1.165, 1.54) is 0 Å². The lowest BCUT2D eigenvalue weighted by Gasteiger charge is -2.24. The van der Waals surface area contributed by atoms with Gasteiger partial charge < -0.3 is 14.1 Å². The van der Waals surface area contributed by atoms with Crippen LogP contribution >= 0.6 is 11.6 Å². The summed E-state index contributed by atoms with van der Waals surface area (Å²) in [5.41, 5.74) is 1.71. The Balaban J connectivity index is 1.59. The summed E-state index contributed by atoms with van der Waals surface area (Å²) >= 11 is 6.21. The fraction of sp³-hybridized carbons (Fsp3) is 0.217. The first-order chi connectivity index (χ1) is 15.0. The third-order valence-electron chi connectivity index (χ3n) is 4.88. The van der Waals surface area contributed by atoms with Crippen LogP contribution in [-0.4, -0.2) is 39.1 Å². The number of carbonyl (C=O) groups is 1. The molecule has 0 unspecified atom stereocenters. The Bertz CT molecular complexity index is 1240. The van der Waals surface area contributed by atoms with Crippen molar-refractivity contribution in [2.75, 3.05) is 7.11 Å². The third kappa shape index (κ3) is 4.36. The fourth-order valence-corrected chi connectivity index (χ4v) is 3.41. The van der Waals surface area contributed by atoms with Crippen molar-refractivity contribution >= 4 is 28.4 Å². The molecule has 0 aliphatic rings. The summed E-state index contributed by atoms with van der Waals surface area (Å²) in [4.78, 5) is 19.4. The molecule has 0 radical (unpaired) electrons. The first kappa shape index (κ1) is 20.8. The summed E-state index contributed by atoms with van der Waals surface area (Å²) in [5, 5.41) is 9.60. The maximum atomic E-state index is 13.2. The number of rotatable bonds is 6. The van der Waals surface area contributed by atoms with Crippen molar-refractivity contribution in [1.29, 1.82) is 0 Å². The normalized spacial score (nSPS) is 11.1. The summed E-state index contributed by atoms with van der Waals surface area (Å²) in [5.74, 6) is 1.16. The van der Waals surface area contributed by atoms with Gasteiger partial charge >= 0.3 is 0 Å². The summed E-state index contributed by atoms with van der Waals surface area (Å²) < 4.78 is 11.0. The summed E-state index contributed by atoms with van der Waals surface area (Å²) in [7, 11) is 1.61. The van der Waals surface area contributed by atoms with E-state index in [4.69, 9.17) is 20.8 Å². The molecule has 7 nitrogen and oxygen atoms in total. The molecule has 0 saturated carbocycles. The second-order valence-corrected chi connectivity index (χ2v) is 7.67. The molecule has 0 bridgehead atoms. The SMILES string of the molecule is COc1ccc2nc(C(=O)N(Cc3nnc(-c4ccccc4Cl)o3)C(C)C)ccc2c1. The number of hydrogen-bond donors (Lipinski definition) is 0. The van der Waals surface area contributed by atoms with Crippen LogP contribution in [0.1, 0.15) is 30.2 Å². The minimum absolute atomic E-state index is 0.100. The fourth-order valence-electron chi connectivity index (χ4n) is 3.19. The first-order valence-corrected chi connectivity index (χ1v) is 10.2. The average Bonchev–Trinajstić information content (AvgIpc) is 3.24. The number of nitrogens with zero attached hydrogens (tertiary/aromatic N) is 4. The van der Waals surface area contributed by atoms with E-state index in [1.807, 2.05) is 50.2 Å². The molecule has 0 atom stereocenters. The van der Waals surface area contributed by atoms with Crippen molar-refractivity contribution in [3.63, 3.8) is 0 Å². The number of methoxy groups -OCH3 is 1. The Hall–Kier alpha value is -3.45. The molecule has 0 N–H and O–H groups in total. The number of fused-ring (bicyclic) bond motifs is 1. The second-order valence-electron chi connectivity index (χ2n) is 7.26. The number of amides is 1. The van der Waals surface area contributed by atoms with Gasteiger partial charge in [0.15, 0.2) is 0 Å². The maximum Gasteiger partial charge on any atom is 0.273 e. The van der Waals surface area contributed by atoms with Crippen LogP contribution in [0.5, 0.6) is 5.75 Å². The Morgan fingerprint density at radius 2 is 1.94 bits per heavy atom. The molecule has 8 heteroatoms. The Kier molecular flexibility index (Phi) is 5.86. The quantitative estimate of drug-likeness (QED) is 0.423. The highest BCUT2D eigenvalue weighted by Crippen LogP contribution is 2.27. The molecule has 0 aliphatic carbocycles. The standard InChI is InChI=1S/C23H21ClN4O3/c1-14(2)28(13-21-26-27-22(31-21)17-6-4-5-7-18(17)24)23(29)20-10-8-15-12-16(30-3)9-11-19(15)25-20/h4-12,14H,13H2,1-3H3. The van der Waals surface area contributed by atoms with Gasteiger partial charge in [0, 0.05) is 11.4 Å². The zero-order valence-corrected chi connectivity index (χ0v) is 18.1. The van der Waals surface area contributed by atoms with Crippen molar-refractivity contribution in [3.05, 3.63) is 71.2 Å². The van der Waals surface area contributed by atoms with Crippen molar-refractivity contribution in [2.45, 2.75) is 26.4 Å². The predicted molar refractivity (Wildman–Crippen MR) is 118 cm³/mol. The lowest BCUT2D eigenvalue weighted by atomic mass is 10.1. The Morgan fingerprint density at radius 1 is 1.13 bits per heavy atom. The van der Waals surface area contributed by atoms with E-state index < -0.39 is 0 Å². The maximum absolute atomic E-state index is 13.2. The lowest BCUT2D eigenvalue weighted by molar-refractivity contribution is 0.0667. The average molecular weight is 437 g/mol. The van der Waals surface area contributed by atoms with Crippen LogP contribution in [0, 0.1) is 0 Å². The number of pyridine rings is 1. The highest BCUT2D eigenvalue weighted by Gasteiger charge is 2.23. The number of halogens is 1. The number of aromatic nitrogens is 3. The molecule has 4 rings (SSSR count). The first-order valence-electron chi connectivity index (χ1n) is 9.79. The summed E-state index contributed by atoms with van der Waals surface area (Å²) in [6.45, 7) is 4.01. The molecule has 1 amide bonds. The lowest BCUT2D eigenvalue weighted by Crippen LogP contribution is -2.37. The summed E-state index contributed by atoms with van der Waals surface area (Å²) in [6, 6.07) is 16.2. The van der Waals surface area contributed by atoms with Crippen LogP contribution in [0.25, 0.3) is 22.4 Å². The smallest absolute Gasteiger partial charge is 0.273 e. The predicted octanol–water partition coefficient (Wildman–Crippen LogP) is 5.00. The molecule has 0 saturated heterocycles. The van der Waals surface area contributed by atoms with Gasteiger partial charge in [-0.05, 0) is 50.2 Å². The molecule has 0 aliphatic heterocycles. The molecule has 2 heterocycles. The van der Waals surface area contributed by atoms with Gasteiger partial charge in [0.25, 0.3) is 5.91 Å². The molecular weight excluding hydrogens is 416 g/mol. The van der Waals surface area contributed by atoms with Gasteiger partial charge in [0.2, 0.25) is 11.8 Å². The molecule has 2 aromatic heterocycles. The highest BCUT2D eigenvalue weighted by molar-refractivity contribution is 6.33. The molecule has 0 spiro atoms.